The van der Waals surface area contributed by atoms with E-state index in [1.54, 1.807) is 25.3 Å². The van der Waals surface area contributed by atoms with Gasteiger partial charge in [-0.15, -0.1) is 0 Å². The molecule has 0 aliphatic carbocycles. The molecule has 17 heavy (non-hydrogen) atoms. The first-order valence-electron chi connectivity index (χ1n) is 5.33. The highest BCUT2D eigenvalue weighted by molar-refractivity contribution is 9.10. The summed E-state index contributed by atoms with van der Waals surface area (Å²) in [6, 6.07) is 5.09. The van der Waals surface area contributed by atoms with Gasteiger partial charge in [-0.05, 0) is 47.5 Å². The number of methoxy groups -OCH3 is 1. The maximum absolute atomic E-state index is 11.8. The molecule has 0 aliphatic heterocycles. The number of rotatable bonds is 5. The highest BCUT2D eigenvalue weighted by Gasteiger charge is 2.11. The van der Waals surface area contributed by atoms with E-state index in [0.717, 1.165) is 4.47 Å². The van der Waals surface area contributed by atoms with Crippen molar-refractivity contribution in [1.29, 1.82) is 0 Å². The standard InChI is InChI=1S/C12H16BrNO3/c1-8(5-6-15)14-12(16)9-3-4-11(17-2)10(13)7-9/h3-4,7-8,15H,5-6H2,1-2H3,(H,14,16). The number of ether oxygens (including phenoxy) is 1. The number of aliphatic hydroxyl groups excluding tert-OH is 1. The molecule has 0 aromatic heterocycles. The minimum atomic E-state index is -0.158. The van der Waals surface area contributed by atoms with E-state index in [1.807, 2.05) is 6.92 Å². The van der Waals surface area contributed by atoms with E-state index in [4.69, 9.17) is 9.84 Å². The highest BCUT2D eigenvalue weighted by atomic mass is 79.9. The van der Waals surface area contributed by atoms with E-state index in [9.17, 15) is 4.79 Å². The first-order chi connectivity index (χ1) is 8.08. The zero-order chi connectivity index (χ0) is 12.8. The summed E-state index contributed by atoms with van der Waals surface area (Å²) in [5.74, 6) is 0.527. The number of amides is 1. The molecule has 0 radical (unpaired) electrons. The quantitative estimate of drug-likeness (QED) is 0.874. The van der Waals surface area contributed by atoms with Crippen LogP contribution in [0.5, 0.6) is 5.75 Å². The van der Waals surface area contributed by atoms with Gasteiger partial charge in [0.2, 0.25) is 0 Å². The van der Waals surface area contributed by atoms with Crippen molar-refractivity contribution in [1.82, 2.24) is 5.32 Å². The lowest BCUT2D eigenvalue weighted by molar-refractivity contribution is 0.0934. The molecule has 0 bridgehead atoms. The van der Waals surface area contributed by atoms with Gasteiger partial charge in [-0.1, -0.05) is 0 Å². The van der Waals surface area contributed by atoms with E-state index in [2.05, 4.69) is 21.2 Å². The zero-order valence-electron chi connectivity index (χ0n) is 9.87. The smallest absolute Gasteiger partial charge is 0.251 e. The predicted octanol–water partition coefficient (Wildman–Crippen LogP) is 1.96. The number of hydrogen-bond donors (Lipinski definition) is 2. The van der Waals surface area contributed by atoms with Gasteiger partial charge in [-0.25, -0.2) is 0 Å². The molecule has 1 unspecified atom stereocenters. The summed E-state index contributed by atoms with van der Waals surface area (Å²) in [6.45, 7) is 1.92. The first-order valence-corrected chi connectivity index (χ1v) is 6.13. The van der Waals surface area contributed by atoms with Crippen LogP contribution in [0.2, 0.25) is 0 Å². The lowest BCUT2D eigenvalue weighted by Crippen LogP contribution is -2.33. The molecule has 1 atom stereocenters. The summed E-state index contributed by atoms with van der Waals surface area (Å²) >= 11 is 3.33. The molecule has 1 rings (SSSR count). The van der Waals surface area contributed by atoms with Gasteiger partial charge in [-0.3, -0.25) is 4.79 Å². The molecular weight excluding hydrogens is 286 g/mol. The van der Waals surface area contributed by atoms with Crippen molar-refractivity contribution in [2.45, 2.75) is 19.4 Å². The molecule has 1 aromatic carbocycles. The Hall–Kier alpha value is -1.07. The van der Waals surface area contributed by atoms with E-state index < -0.39 is 0 Å². The lowest BCUT2D eigenvalue weighted by atomic mass is 10.1. The first kappa shape index (κ1) is 14.0. The van der Waals surface area contributed by atoms with Gasteiger partial charge >= 0.3 is 0 Å². The molecule has 4 nitrogen and oxygen atoms in total. The van der Waals surface area contributed by atoms with Crippen molar-refractivity contribution in [2.75, 3.05) is 13.7 Å². The molecule has 1 aromatic rings. The fourth-order valence-corrected chi connectivity index (χ4v) is 1.92. The van der Waals surface area contributed by atoms with Crippen LogP contribution in [0.25, 0.3) is 0 Å². The van der Waals surface area contributed by atoms with Gasteiger partial charge in [0.05, 0.1) is 11.6 Å². The minimum Gasteiger partial charge on any atom is -0.496 e. The number of carbonyl (C=O) groups is 1. The number of aliphatic hydroxyl groups is 1. The third kappa shape index (κ3) is 4.02. The Morgan fingerprint density at radius 3 is 2.82 bits per heavy atom. The van der Waals surface area contributed by atoms with Crippen LogP contribution in [0.15, 0.2) is 22.7 Å². The number of hydrogen-bond acceptors (Lipinski definition) is 3. The summed E-state index contributed by atoms with van der Waals surface area (Å²) in [6.07, 6.45) is 0.545. The molecule has 2 N–H and O–H groups in total. The van der Waals surface area contributed by atoms with Crippen LogP contribution in [-0.2, 0) is 0 Å². The third-order valence-electron chi connectivity index (χ3n) is 2.35. The molecule has 0 saturated heterocycles. The SMILES string of the molecule is COc1ccc(C(=O)NC(C)CCO)cc1Br. The summed E-state index contributed by atoms with van der Waals surface area (Å²) in [4.78, 5) is 11.8. The Labute approximate surface area is 109 Å². The maximum atomic E-state index is 11.8. The van der Waals surface area contributed by atoms with Crippen LogP contribution in [0.3, 0.4) is 0 Å². The summed E-state index contributed by atoms with van der Waals surface area (Å²) < 4.78 is 5.83. The molecule has 0 heterocycles. The van der Waals surface area contributed by atoms with Crippen LogP contribution in [0.4, 0.5) is 0 Å². The van der Waals surface area contributed by atoms with E-state index >= 15 is 0 Å². The van der Waals surface area contributed by atoms with Crippen molar-refractivity contribution in [3.63, 3.8) is 0 Å². The average molecular weight is 302 g/mol. The largest absolute Gasteiger partial charge is 0.496 e. The van der Waals surface area contributed by atoms with Gasteiger partial charge in [0.25, 0.3) is 5.91 Å². The number of halogens is 1. The van der Waals surface area contributed by atoms with Crippen molar-refractivity contribution in [3.05, 3.63) is 28.2 Å². The van der Waals surface area contributed by atoms with Crippen LogP contribution >= 0.6 is 15.9 Å². The molecule has 94 valence electrons. The molecule has 0 spiro atoms. The second kappa shape index (κ2) is 6.61. The monoisotopic (exact) mass is 301 g/mol. The third-order valence-corrected chi connectivity index (χ3v) is 2.97. The number of benzene rings is 1. The number of carbonyl (C=O) groups excluding carboxylic acids is 1. The van der Waals surface area contributed by atoms with Crippen molar-refractivity contribution >= 4 is 21.8 Å². The van der Waals surface area contributed by atoms with Crippen LogP contribution in [0.1, 0.15) is 23.7 Å². The molecular formula is C12H16BrNO3. The maximum Gasteiger partial charge on any atom is 0.251 e. The summed E-state index contributed by atoms with van der Waals surface area (Å²) in [5, 5.41) is 11.6. The van der Waals surface area contributed by atoms with Gasteiger partial charge in [0.15, 0.2) is 0 Å². The van der Waals surface area contributed by atoms with Gasteiger partial charge in [-0.2, -0.15) is 0 Å². The fourth-order valence-electron chi connectivity index (χ4n) is 1.38. The predicted molar refractivity (Wildman–Crippen MR) is 69.3 cm³/mol. The van der Waals surface area contributed by atoms with Crippen molar-refractivity contribution in [2.24, 2.45) is 0 Å². The summed E-state index contributed by atoms with van der Waals surface area (Å²) in [5.41, 5.74) is 0.558. The highest BCUT2D eigenvalue weighted by Crippen LogP contribution is 2.25. The van der Waals surface area contributed by atoms with Crippen LogP contribution in [0, 0.1) is 0 Å². The normalized spacial score (nSPS) is 12.0. The topological polar surface area (TPSA) is 58.6 Å². The van der Waals surface area contributed by atoms with E-state index in [0.29, 0.717) is 17.7 Å². The average Bonchev–Trinajstić information content (AvgIpc) is 2.29. The second-order valence-corrected chi connectivity index (χ2v) is 4.59. The van der Waals surface area contributed by atoms with E-state index in [-0.39, 0.29) is 18.6 Å². The minimum absolute atomic E-state index is 0.0478. The second-order valence-electron chi connectivity index (χ2n) is 3.74. The Kier molecular flexibility index (Phi) is 5.44. The van der Waals surface area contributed by atoms with Gasteiger partial charge < -0.3 is 15.2 Å². The Morgan fingerprint density at radius 2 is 2.29 bits per heavy atom. The van der Waals surface area contributed by atoms with Crippen LogP contribution < -0.4 is 10.1 Å². The number of nitrogens with one attached hydrogen (secondary N) is 1. The van der Waals surface area contributed by atoms with Crippen molar-refractivity contribution in [3.8, 4) is 5.75 Å². The van der Waals surface area contributed by atoms with E-state index in [1.165, 1.54) is 0 Å². The van der Waals surface area contributed by atoms with Gasteiger partial charge in [0.1, 0.15) is 5.75 Å². The van der Waals surface area contributed by atoms with Crippen molar-refractivity contribution < 1.29 is 14.6 Å². The Morgan fingerprint density at radius 1 is 1.59 bits per heavy atom. The Balaban J connectivity index is 2.72. The molecule has 1 amide bonds. The van der Waals surface area contributed by atoms with Gasteiger partial charge in [0, 0.05) is 18.2 Å². The lowest BCUT2D eigenvalue weighted by Gasteiger charge is -2.13. The summed E-state index contributed by atoms with van der Waals surface area (Å²) in [7, 11) is 1.57. The molecule has 5 heteroatoms. The molecule has 0 fully saturated rings. The van der Waals surface area contributed by atoms with Crippen LogP contribution in [-0.4, -0.2) is 30.8 Å². The molecule has 0 aliphatic rings. The molecule has 0 saturated carbocycles. The Bertz CT molecular complexity index is 395. The fraction of sp³-hybridized carbons (Fsp3) is 0.417. The zero-order valence-corrected chi connectivity index (χ0v) is 11.5.